The van der Waals surface area contributed by atoms with Crippen LogP contribution in [0.4, 0.5) is 0 Å². The lowest BCUT2D eigenvalue weighted by Gasteiger charge is -1.95. The molecule has 1 amide bonds. The predicted octanol–water partition coefficient (Wildman–Crippen LogP) is -0.324. The summed E-state index contributed by atoms with van der Waals surface area (Å²) in [6.07, 6.45) is 0. The number of nitrogens with two attached hydrogens (primary N) is 1. The van der Waals surface area contributed by atoms with Gasteiger partial charge in [0.2, 0.25) is 5.91 Å². The fourth-order valence-corrected chi connectivity index (χ4v) is 0.890. The van der Waals surface area contributed by atoms with Crippen LogP contribution in [0.2, 0.25) is 5.02 Å². The normalized spacial score (nSPS) is 8.23. The van der Waals surface area contributed by atoms with Crippen LogP contribution in [0.15, 0.2) is 24.3 Å². The molecule has 0 aliphatic heterocycles. The van der Waals surface area contributed by atoms with Crippen molar-refractivity contribution in [2.24, 2.45) is 5.73 Å². The number of carbonyl (C=O) groups is 1. The molecule has 70 valence electrons. The first-order valence-corrected chi connectivity index (χ1v) is 3.77. The Morgan fingerprint density at radius 1 is 1.38 bits per heavy atom. The molecule has 0 aliphatic carbocycles. The van der Waals surface area contributed by atoms with E-state index in [0.717, 1.165) is 0 Å². The second kappa shape index (κ2) is 6.48. The van der Waals surface area contributed by atoms with E-state index in [2.05, 4.69) is 0 Å². The summed E-state index contributed by atoms with van der Waals surface area (Å²) in [5.74, 6) is -0.495. The Bertz CT molecular complexity index is 282. The lowest BCUT2D eigenvalue weighted by atomic mass is 10.2. The largest absolute Gasteiger partial charge is 0.432 e. The van der Waals surface area contributed by atoms with Gasteiger partial charge in [-0.25, -0.2) is 0 Å². The van der Waals surface area contributed by atoms with Crippen molar-refractivity contribution in [2.45, 2.75) is 0 Å². The summed E-state index contributed by atoms with van der Waals surface area (Å²) in [6.45, 7) is 0. The van der Waals surface area contributed by atoms with Crippen LogP contribution in [0.5, 0.6) is 0 Å². The molecular weight excluding hydrogens is 192 g/mol. The molecule has 1 aromatic rings. The number of carbonyl (C=O) groups excluding carboxylic acids is 1. The van der Waals surface area contributed by atoms with Gasteiger partial charge in [0.1, 0.15) is 0 Å². The van der Waals surface area contributed by atoms with Gasteiger partial charge in [-0.2, -0.15) is 0 Å². The second-order valence-corrected chi connectivity index (χ2v) is 2.39. The molecular formula is C7H9BClNO3. The Morgan fingerprint density at radius 2 is 1.85 bits per heavy atom. The lowest BCUT2D eigenvalue weighted by Crippen LogP contribution is -2.10. The average Bonchev–Trinajstić information content (AvgIpc) is 2.06. The van der Waals surface area contributed by atoms with Crippen molar-refractivity contribution < 1.29 is 14.8 Å². The van der Waals surface area contributed by atoms with Crippen molar-refractivity contribution in [3.8, 4) is 0 Å². The van der Waals surface area contributed by atoms with Gasteiger partial charge in [-0.3, -0.25) is 4.79 Å². The van der Waals surface area contributed by atoms with Crippen LogP contribution in [0, 0.1) is 0 Å². The molecule has 0 spiro atoms. The summed E-state index contributed by atoms with van der Waals surface area (Å²) in [5, 5.41) is 14.6. The molecule has 4 N–H and O–H groups in total. The summed E-state index contributed by atoms with van der Waals surface area (Å²) in [6, 6.07) is 6.67. The summed E-state index contributed by atoms with van der Waals surface area (Å²) < 4.78 is 0. The van der Waals surface area contributed by atoms with E-state index in [1.807, 2.05) is 0 Å². The molecule has 0 bridgehead atoms. The number of benzene rings is 1. The highest BCUT2D eigenvalue weighted by Gasteiger charge is 2.02. The molecule has 1 rings (SSSR count). The number of rotatable bonds is 1. The van der Waals surface area contributed by atoms with Gasteiger partial charge in [-0.15, -0.1) is 0 Å². The maximum Gasteiger partial charge on any atom is 0.432 e. The van der Waals surface area contributed by atoms with Crippen molar-refractivity contribution in [2.75, 3.05) is 0 Å². The molecule has 0 aliphatic rings. The fraction of sp³-hybridized carbons (Fsp3) is 0. The highest BCUT2D eigenvalue weighted by Crippen LogP contribution is 2.13. The van der Waals surface area contributed by atoms with Crippen molar-refractivity contribution in [1.29, 1.82) is 0 Å². The lowest BCUT2D eigenvalue weighted by molar-refractivity contribution is 0.100. The zero-order valence-electron chi connectivity index (χ0n) is 6.77. The van der Waals surface area contributed by atoms with E-state index in [0.29, 0.717) is 10.6 Å². The highest BCUT2D eigenvalue weighted by atomic mass is 35.5. The summed E-state index contributed by atoms with van der Waals surface area (Å²) in [7, 11) is -0.750. The zero-order valence-corrected chi connectivity index (χ0v) is 7.53. The van der Waals surface area contributed by atoms with Gasteiger partial charge in [0.25, 0.3) is 0 Å². The minimum atomic E-state index is -0.750. The number of amides is 1. The summed E-state index contributed by atoms with van der Waals surface area (Å²) in [5.41, 5.74) is 5.36. The number of halogens is 1. The van der Waals surface area contributed by atoms with Gasteiger partial charge in [-0.1, -0.05) is 23.7 Å². The Kier molecular flexibility index (Phi) is 5.96. The van der Waals surface area contributed by atoms with E-state index in [-0.39, 0.29) is 0 Å². The van der Waals surface area contributed by atoms with Gasteiger partial charge < -0.3 is 15.8 Å². The Balaban J connectivity index is 0.000000424. The monoisotopic (exact) mass is 201 g/mol. The van der Waals surface area contributed by atoms with Crippen LogP contribution in [-0.4, -0.2) is 23.6 Å². The summed E-state index contributed by atoms with van der Waals surface area (Å²) in [4.78, 5) is 10.6. The molecule has 0 saturated carbocycles. The minimum Gasteiger partial charge on any atom is -0.430 e. The molecule has 0 saturated heterocycles. The van der Waals surface area contributed by atoms with Gasteiger partial charge in [0.15, 0.2) is 0 Å². The van der Waals surface area contributed by atoms with Crippen molar-refractivity contribution in [3.05, 3.63) is 34.9 Å². The van der Waals surface area contributed by atoms with E-state index < -0.39 is 13.6 Å². The van der Waals surface area contributed by atoms with Crippen LogP contribution < -0.4 is 5.73 Å². The fourth-order valence-electron chi connectivity index (χ4n) is 0.661. The third-order valence-corrected chi connectivity index (χ3v) is 1.47. The Morgan fingerprint density at radius 3 is 2.15 bits per heavy atom. The topological polar surface area (TPSA) is 83.6 Å². The molecule has 0 aromatic heterocycles. The van der Waals surface area contributed by atoms with Crippen LogP contribution in [0.25, 0.3) is 0 Å². The molecule has 0 fully saturated rings. The van der Waals surface area contributed by atoms with Crippen LogP contribution in [0.3, 0.4) is 0 Å². The van der Waals surface area contributed by atoms with E-state index in [1.165, 1.54) is 0 Å². The highest BCUT2D eigenvalue weighted by molar-refractivity contribution is 6.33. The first kappa shape index (κ1) is 12.0. The molecule has 13 heavy (non-hydrogen) atoms. The summed E-state index contributed by atoms with van der Waals surface area (Å²) >= 11 is 5.62. The Hall–Kier alpha value is -1.04. The van der Waals surface area contributed by atoms with E-state index >= 15 is 0 Å². The quantitative estimate of drug-likeness (QED) is 0.544. The molecule has 1 aromatic carbocycles. The van der Waals surface area contributed by atoms with Gasteiger partial charge in [-0.05, 0) is 12.1 Å². The molecule has 0 unspecified atom stereocenters. The SMILES string of the molecule is NC(=O)c1ccccc1Cl.OBO. The standard InChI is InChI=1S/C7H6ClNO.BH3O2/c8-6-4-2-1-3-5(6)7(9)10;2-1-3/h1-4H,(H2,9,10);1-3H. The smallest absolute Gasteiger partial charge is 0.430 e. The maximum absolute atomic E-state index is 10.6. The van der Waals surface area contributed by atoms with E-state index in [9.17, 15) is 4.79 Å². The van der Waals surface area contributed by atoms with Crippen LogP contribution in [-0.2, 0) is 0 Å². The van der Waals surface area contributed by atoms with Crippen LogP contribution >= 0.6 is 11.6 Å². The van der Waals surface area contributed by atoms with E-state index in [4.69, 9.17) is 27.4 Å². The van der Waals surface area contributed by atoms with Crippen LogP contribution in [0.1, 0.15) is 10.4 Å². The molecule has 4 nitrogen and oxygen atoms in total. The van der Waals surface area contributed by atoms with Crippen molar-refractivity contribution in [3.63, 3.8) is 0 Å². The maximum atomic E-state index is 10.6. The third-order valence-electron chi connectivity index (χ3n) is 1.14. The molecule has 0 atom stereocenters. The number of primary amides is 1. The first-order valence-electron chi connectivity index (χ1n) is 3.39. The number of hydrogen-bond donors (Lipinski definition) is 3. The van der Waals surface area contributed by atoms with Crippen molar-refractivity contribution in [1.82, 2.24) is 0 Å². The zero-order chi connectivity index (χ0) is 10.3. The first-order chi connectivity index (χ1) is 6.13. The second-order valence-electron chi connectivity index (χ2n) is 1.99. The Labute approximate surface area is 81.3 Å². The molecule has 0 radical (unpaired) electrons. The van der Waals surface area contributed by atoms with Gasteiger partial charge in [0.05, 0.1) is 10.6 Å². The molecule has 6 heteroatoms. The minimum absolute atomic E-state index is 0.365. The van der Waals surface area contributed by atoms with Crippen molar-refractivity contribution >= 4 is 25.2 Å². The predicted molar refractivity (Wildman–Crippen MR) is 51.6 cm³/mol. The van der Waals surface area contributed by atoms with E-state index in [1.54, 1.807) is 24.3 Å². The third kappa shape index (κ3) is 4.52. The molecule has 0 heterocycles. The van der Waals surface area contributed by atoms with Gasteiger partial charge >= 0.3 is 7.69 Å². The van der Waals surface area contributed by atoms with Gasteiger partial charge in [0, 0.05) is 0 Å². The average molecular weight is 201 g/mol. The number of hydrogen-bond acceptors (Lipinski definition) is 3.